The molecule has 7 atom stereocenters. The minimum Gasteiger partial charge on any atom is -0.317 e. The highest BCUT2D eigenvalue weighted by molar-refractivity contribution is 5.32. The number of nitrogens with zero attached hydrogens (tertiary/aromatic N) is 1. The predicted molar refractivity (Wildman–Crippen MR) is 111 cm³/mol. The minimum absolute atomic E-state index is 0.439. The van der Waals surface area contributed by atoms with E-state index in [9.17, 15) is 0 Å². The summed E-state index contributed by atoms with van der Waals surface area (Å²) in [5.41, 5.74) is 4.45. The molecule has 1 N–H and O–H groups in total. The second kappa shape index (κ2) is 6.48. The number of hydrogen-bond donors (Lipinski definition) is 1. The zero-order chi connectivity index (χ0) is 18.7. The first-order valence-corrected chi connectivity index (χ1v) is 11.0. The summed E-state index contributed by atoms with van der Waals surface area (Å²) in [6.07, 6.45) is 14.9. The molecule has 2 saturated carbocycles. The molecule has 0 spiro atoms. The highest BCUT2D eigenvalue weighted by Gasteiger charge is 2.57. The van der Waals surface area contributed by atoms with Gasteiger partial charge in [-0.1, -0.05) is 37.1 Å². The molecule has 7 unspecified atom stereocenters. The maximum absolute atomic E-state index is 3.54. The van der Waals surface area contributed by atoms with E-state index in [0.29, 0.717) is 22.9 Å². The second-order valence-electron chi connectivity index (χ2n) is 10.5. The third-order valence-corrected chi connectivity index (χ3v) is 9.38. The highest BCUT2D eigenvalue weighted by Crippen LogP contribution is 2.65. The van der Waals surface area contributed by atoms with Gasteiger partial charge in [0.1, 0.15) is 0 Å². The van der Waals surface area contributed by atoms with Gasteiger partial charge >= 0.3 is 0 Å². The van der Waals surface area contributed by atoms with Crippen molar-refractivity contribution in [1.82, 2.24) is 10.2 Å². The Bertz CT molecular complexity index is 618. The number of fused-ring (bicyclic) bond motifs is 5. The Kier molecular flexibility index (Phi) is 4.67. The minimum atomic E-state index is 0.439. The van der Waals surface area contributed by atoms with Crippen molar-refractivity contribution in [1.29, 1.82) is 0 Å². The van der Waals surface area contributed by atoms with Gasteiger partial charge in [0, 0.05) is 12.1 Å². The molecular formula is C24H40N2. The molecule has 0 aliphatic heterocycles. The number of nitrogens with one attached hydrogen (secondary N) is 1. The first-order valence-electron chi connectivity index (χ1n) is 11.0. The van der Waals surface area contributed by atoms with E-state index in [1.165, 1.54) is 44.9 Å². The molecule has 4 aliphatic rings. The van der Waals surface area contributed by atoms with Crippen LogP contribution in [0, 0.1) is 28.6 Å². The lowest BCUT2D eigenvalue weighted by Gasteiger charge is -2.58. The molecule has 4 aliphatic carbocycles. The van der Waals surface area contributed by atoms with Crippen molar-refractivity contribution in [3.63, 3.8) is 0 Å². The van der Waals surface area contributed by atoms with Gasteiger partial charge in [-0.25, -0.2) is 0 Å². The van der Waals surface area contributed by atoms with Gasteiger partial charge in [0.2, 0.25) is 0 Å². The van der Waals surface area contributed by atoms with Gasteiger partial charge in [-0.05, 0) is 102 Å². The largest absolute Gasteiger partial charge is 0.317 e. The van der Waals surface area contributed by atoms with Crippen molar-refractivity contribution in [2.24, 2.45) is 28.6 Å². The topological polar surface area (TPSA) is 15.3 Å². The molecule has 0 bridgehead atoms. The van der Waals surface area contributed by atoms with E-state index in [0.717, 1.165) is 17.8 Å². The van der Waals surface area contributed by atoms with Crippen molar-refractivity contribution in [3.8, 4) is 0 Å². The summed E-state index contributed by atoms with van der Waals surface area (Å²) in [7, 11) is 6.62. The maximum atomic E-state index is 3.54. The maximum Gasteiger partial charge on any atom is 0.0278 e. The Morgan fingerprint density at radius 2 is 1.77 bits per heavy atom. The molecule has 2 heteroatoms. The van der Waals surface area contributed by atoms with Crippen LogP contribution in [-0.2, 0) is 0 Å². The van der Waals surface area contributed by atoms with Crippen LogP contribution in [0.1, 0.15) is 65.7 Å². The summed E-state index contributed by atoms with van der Waals surface area (Å²) < 4.78 is 0. The molecule has 4 rings (SSSR count). The van der Waals surface area contributed by atoms with E-state index in [4.69, 9.17) is 0 Å². The number of hydrogen-bond acceptors (Lipinski definition) is 2. The van der Waals surface area contributed by atoms with Crippen molar-refractivity contribution in [2.75, 3.05) is 21.1 Å². The highest BCUT2D eigenvalue weighted by atomic mass is 15.1. The molecular weight excluding hydrogens is 316 g/mol. The zero-order valence-corrected chi connectivity index (χ0v) is 17.9. The zero-order valence-electron chi connectivity index (χ0n) is 17.9. The Morgan fingerprint density at radius 3 is 2.46 bits per heavy atom. The third kappa shape index (κ3) is 2.58. The van der Waals surface area contributed by atoms with Crippen LogP contribution in [0.5, 0.6) is 0 Å². The average molecular weight is 357 g/mol. The van der Waals surface area contributed by atoms with Crippen molar-refractivity contribution in [3.05, 3.63) is 23.3 Å². The quantitative estimate of drug-likeness (QED) is 0.714. The smallest absolute Gasteiger partial charge is 0.0278 e. The summed E-state index contributed by atoms with van der Waals surface area (Å²) >= 11 is 0. The molecule has 2 fully saturated rings. The van der Waals surface area contributed by atoms with Crippen LogP contribution in [0.15, 0.2) is 23.3 Å². The van der Waals surface area contributed by atoms with Crippen LogP contribution in [0.25, 0.3) is 0 Å². The van der Waals surface area contributed by atoms with Crippen molar-refractivity contribution < 1.29 is 0 Å². The van der Waals surface area contributed by atoms with Crippen LogP contribution in [0.4, 0.5) is 0 Å². The molecule has 0 radical (unpaired) electrons. The molecule has 0 aromatic heterocycles. The summed E-state index contributed by atoms with van der Waals surface area (Å²) in [6, 6.07) is 1.29. The molecule has 0 aromatic rings. The summed E-state index contributed by atoms with van der Waals surface area (Å²) in [6.45, 7) is 7.63. The van der Waals surface area contributed by atoms with Gasteiger partial charge < -0.3 is 10.2 Å². The van der Waals surface area contributed by atoms with Crippen molar-refractivity contribution >= 4 is 0 Å². The van der Waals surface area contributed by atoms with Gasteiger partial charge in [-0.2, -0.15) is 0 Å². The van der Waals surface area contributed by atoms with Gasteiger partial charge in [0.05, 0.1) is 0 Å². The molecule has 26 heavy (non-hydrogen) atoms. The normalized spacial score (nSPS) is 46.1. The SMILES string of the molecule is CNC1CCC2(C)C(=CCC3C2CCC2(C)C(C(C)N(C)C)=CCC32)C1. The molecule has 0 heterocycles. The van der Waals surface area contributed by atoms with Gasteiger partial charge in [0.15, 0.2) is 0 Å². The first kappa shape index (κ1) is 18.7. The lowest BCUT2D eigenvalue weighted by molar-refractivity contribution is -0.0221. The molecule has 146 valence electrons. The van der Waals surface area contributed by atoms with Gasteiger partial charge in [-0.15, -0.1) is 0 Å². The molecule has 0 aromatic carbocycles. The number of rotatable bonds is 3. The Morgan fingerprint density at radius 1 is 1.04 bits per heavy atom. The Labute approximate surface area is 161 Å². The van der Waals surface area contributed by atoms with Crippen LogP contribution < -0.4 is 5.32 Å². The Hall–Kier alpha value is -0.600. The number of likely N-dealkylation sites (N-methyl/N-ethyl adjacent to an activating group) is 1. The van der Waals surface area contributed by atoms with E-state index >= 15 is 0 Å². The van der Waals surface area contributed by atoms with E-state index < -0.39 is 0 Å². The fraction of sp³-hybridized carbons (Fsp3) is 0.833. The van der Waals surface area contributed by atoms with Crippen LogP contribution in [-0.4, -0.2) is 38.1 Å². The molecule has 2 nitrogen and oxygen atoms in total. The lowest BCUT2D eigenvalue weighted by atomic mass is 9.47. The standard InChI is InChI=1S/C24H40N2/c1-16(26(5)6)20-9-10-21-19-8-7-17-15-18(25-4)11-13-23(17,2)22(19)12-14-24(20,21)3/h7,9,16,18-19,21-22,25H,8,10-15H2,1-6H3. The molecule has 0 saturated heterocycles. The van der Waals surface area contributed by atoms with Crippen molar-refractivity contribution in [2.45, 2.75) is 77.8 Å². The predicted octanol–water partition coefficient (Wildman–Crippen LogP) is 5.02. The van der Waals surface area contributed by atoms with Crippen LogP contribution in [0.3, 0.4) is 0 Å². The molecule has 0 amide bonds. The summed E-state index contributed by atoms with van der Waals surface area (Å²) in [4.78, 5) is 2.41. The summed E-state index contributed by atoms with van der Waals surface area (Å²) in [5.74, 6) is 2.69. The fourth-order valence-electron chi connectivity index (χ4n) is 7.43. The lowest BCUT2D eigenvalue weighted by Crippen LogP contribution is -2.51. The first-order chi connectivity index (χ1) is 12.3. The average Bonchev–Trinajstić information content (AvgIpc) is 2.97. The van der Waals surface area contributed by atoms with Gasteiger partial charge in [-0.3, -0.25) is 0 Å². The van der Waals surface area contributed by atoms with E-state index in [1.54, 1.807) is 11.1 Å². The van der Waals surface area contributed by atoms with E-state index in [1.807, 2.05) is 0 Å². The summed E-state index contributed by atoms with van der Waals surface area (Å²) in [5, 5.41) is 3.54. The second-order valence-corrected chi connectivity index (χ2v) is 10.5. The van der Waals surface area contributed by atoms with Crippen LogP contribution >= 0.6 is 0 Å². The van der Waals surface area contributed by atoms with Crippen LogP contribution in [0.2, 0.25) is 0 Å². The van der Waals surface area contributed by atoms with E-state index in [2.05, 4.69) is 64.3 Å². The Balaban J connectivity index is 1.61. The number of allylic oxidation sites excluding steroid dienone is 2. The van der Waals surface area contributed by atoms with Gasteiger partial charge in [0.25, 0.3) is 0 Å². The third-order valence-electron chi connectivity index (χ3n) is 9.38. The monoisotopic (exact) mass is 356 g/mol. The van der Waals surface area contributed by atoms with E-state index in [-0.39, 0.29) is 0 Å². The fourth-order valence-corrected chi connectivity index (χ4v) is 7.43.